The second-order valence-corrected chi connectivity index (χ2v) is 5.29. The molecule has 1 atom stereocenters. The Balaban J connectivity index is 2.04. The zero-order chi connectivity index (χ0) is 14.3. The Hall–Kier alpha value is -2.18. The van der Waals surface area contributed by atoms with Crippen LogP contribution in [-0.4, -0.2) is 57.2 Å². The minimum atomic E-state index is -0.136. The van der Waals surface area contributed by atoms with Crippen LogP contribution in [0.4, 0.5) is 5.82 Å². The second kappa shape index (κ2) is 4.73. The molecule has 2 aromatic heterocycles. The molecule has 3 rings (SSSR count). The fraction of sp³-hybridized carbons (Fsp3) is 0.538. The summed E-state index contributed by atoms with van der Waals surface area (Å²) in [4.78, 5) is 24.6. The van der Waals surface area contributed by atoms with Crippen LogP contribution in [0.15, 0.2) is 12.5 Å². The van der Waals surface area contributed by atoms with Gasteiger partial charge in [0.05, 0.1) is 11.6 Å². The lowest BCUT2D eigenvalue weighted by atomic mass is 10.2. The molecule has 7 heteroatoms. The molecule has 0 spiro atoms. The van der Waals surface area contributed by atoms with Crippen LogP contribution >= 0.6 is 0 Å². The Morgan fingerprint density at radius 3 is 2.95 bits per heavy atom. The van der Waals surface area contributed by atoms with Crippen LogP contribution in [0.2, 0.25) is 0 Å². The molecule has 1 aliphatic rings. The molecule has 0 unspecified atom stereocenters. The highest BCUT2D eigenvalue weighted by molar-refractivity contribution is 5.91. The third-order valence-electron chi connectivity index (χ3n) is 3.76. The number of nitrogens with zero attached hydrogens (tertiary/aromatic N) is 6. The Morgan fingerprint density at radius 2 is 2.20 bits per heavy atom. The summed E-state index contributed by atoms with van der Waals surface area (Å²) in [6, 6.07) is -0.136. The number of fused-ring (bicyclic) bond motifs is 1. The van der Waals surface area contributed by atoms with Crippen molar-refractivity contribution in [2.45, 2.75) is 18.9 Å². The van der Waals surface area contributed by atoms with E-state index in [1.807, 2.05) is 7.05 Å². The van der Waals surface area contributed by atoms with Crippen molar-refractivity contribution in [1.82, 2.24) is 24.6 Å². The third kappa shape index (κ3) is 1.90. The number of hydrogen-bond acceptors (Lipinski definition) is 5. The van der Waals surface area contributed by atoms with Gasteiger partial charge in [-0.05, 0) is 12.8 Å². The van der Waals surface area contributed by atoms with Crippen LogP contribution in [0.5, 0.6) is 0 Å². The predicted molar refractivity (Wildman–Crippen MR) is 75.4 cm³/mol. The molecule has 3 heterocycles. The topological polar surface area (TPSA) is 67.2 Å². The molecule has 0 bridgehead atoms. The first-order valence-corrected chi connectivity index (χ1v) is 6.70. The normalized spacial score (nSPS) is 18.8. The number of aromatic nitrogens is 4. The highest BCUT2D eigenvalue weighted by Gasteiger charge is 2.33. The molecular formula is C13H18N6O. The van der Waals surface area contributed by atoms with E-state index >= 15 is 0 Å². The van der Waals surface area contributed by atoms with Gasteiger partial charge in [-0.3, -0.25) is 9.48 Å². The summed E-state index contributed by atoms with van der Waals surface area (Å²) >= 11 is 0. The molecule has 2 aromatic rings. The molecule has 1 fully saturated rings. The maximum Gasteiger partial charge on any atom is 0.244 e. The first-order chi connectivity index (χ1) is 9.59. The number of amides is 1. The van der Waals surface area contributed by atoms with E-state index in [0.29, 0.717) is 0 Å². The average Bonchev–Trinajstić information content (AvgIpc) is 3.05. The number of carbonyl (C=O) groups is 1. The van der Waals surface area contributed by atoms with Gasteiger partial charge in [0.25, 0.3) is 0 Å². The molecule has 0 saturated carbocycles. The fourth-order valence-corrected chi connectivity index (χ4v) is 2.75. The van der Waals surface area contributed by atoms with Crippen molar-refractivity contribution in [2.75, 3.05) is 25.5 Å². The van der Waals surface area contributed by atoms with Gasteiger partial charge < -0.3 is 9.80 Å². The van der Waals surface area contributed by atoms with Crippen LogP contribution in [0.3, 0.4) is 0 Å². The minimum absolute atomic E-state index is 0.123. The third-order valence-corrected chi connectivity index (χ3v) is 3.76. The van der Waals surface area contributed by atoms with Crippen LogP contribution in [-0.2, 0) is 11.8 Å². The molecular weight excluding hydrogens is 256 g/mol. The van der Waals surface area contributed by atoms with Crippen LogP contribution in [0.25, 0.3) is 11.0 Å². The van der Waals surface area contributed by atoms with Gasteiger partial charge in [0, 0.05) is 27.7 Å². The fourth-order valence-electron chi connectivity index (χ4n) is 2.75. The Bertz CT molecular complexity index is 649. The Kier molecular flexibility index (Phi) is 3.04. The molecule has 0 radical (unpaired) electrons. The number of aryl methyl sites for hydroxylation is 1. The first kappa shape index (κ1) is 12.8. The molecule has 1 saturated heterocycles. The number of carbonyl (C=O) groups excluding carboxylic acids is 1. The minimum Gasteiger partial charge on any atom is -0.347 e. The largest absolute Gasteiger partial charge is 0.347 e. The van der Waals surface area contributed by atoms with E-state index in [-0.39, 0.29) is 11.9 Å². The van der Waals surface area contributed by atoms with Gasteiger partial charge in [0.2, 0.25) is 5.91 Å². The van der Waals surface area contributed by atoms with Gasteiger partial charge in [0.15, 0.2) is 5.65 Å². The Morgan fingerprint density at radius 1 is 1.40 bits per heavy atom. The van der Waals surface area contributed by atoms with Crippen LogP contribution < -0.4 is 4.90 Å². The zero-order valence-electron chi connectivity index (χ0n) is 11.9. The molecule has 20 heavy (non-hydrogen) atoms. The van der Waals surface area contributed by atoms with E-state index < -0.39 is 0 Å². The van der Waals surface area contributed by atoms with Crippen molar-refractivity contribution >= 4 is 22.8 Å². The van der Waals surface area contributed by atoms with Gasteiger partial charge in [-0.2, -0.15) is 5.10 Å². The summed E-state index contributed by atoms with van der Waals surface area (Å²) in [7, 11) is 5.43. The van der Waals surface area contributed by atoms with E-state index in [1.54, 1.807) is 29.9 Å². The van der Waals surface area contributed by atoms with E-state index in [0.717, 1.165) is 36.2 Å². The van der Waals surface area contributed by atoms with Crippen molar-refractivity contribution in [3.63, 3.8) is 0 Å². The number of anilines is 1. The highest BCUT2D eigenvalue weighted by atomic mass is 16.2. The molecule has 1 aliphatic heterocycles. The highest BCUT2D eigenvalue weighted by Crippen LogP contribution is 2.29. The number of hydrogen-bond donors (Lipinski definition) is 0. The summed E-state index contributed by atoms with van der Waals surface area (Å²) in [6.45, 7) is 0.839. The molecule has 1 amide bonds. The van der Waals surface area contributed by atoms with Gasteiger partial charge in [0.1, 0.15) is 18.2 Å². The summed E-state index contributed by atoms with van der Waals surface area (Å²) in [5.74, 6) is 0.930. The molecule has 0 N–H and O–H groups in total. The van der Waals surface area contributed by atoms with Gasteiger partial charge in [-0.15, -0.1) is 0 Å². The van der Waals surface area contributed by atoms with E-state index in [2.05, 4.69) is 20.0 Å². The summed E-state index contributed by atoms with van der Waals surface area (Å²) in [6.07, 6.45) is 5.16. The van der Waals surface area contributed by atoms with Crippen molar-refractivity contribution in [1.29, 1.82) is 0 Å². The summed E-state index contributed by atoms with van der Waals surface area (Å²) in [5, 5.41) is 5.12. The molecule has 106 valence electrons. The molecule has 7 nitrogen and oxygen atoms in total. The second-order valence-electron chi connectivity index (χ2n) is 5.29. The quantitative estimate of drug-likeness (QED) is 0.794. The van der Waals surface area contributed by atoms with E-state index in [1.165, 1.54) is 6.33 Å². The smallest absolute Gasteiger partial charge is 0.244 e. The lowest BCUT2D eigenvalue weighted by Gasteiger charge is -2.27. The van der Waals surface area contributed by atoms with E-state index in [9.17, 15) is 4.79 Å². The maximum atomic E-state index is 12.3. The predicted octanol–water partition coefficient (Wildman–Crippen LogP) is 0.420. The molecule has 0 aliphatic carbocycles. The van der Waals surface area contributed by atoms with Crippen LogP contribution in [0.1, 0.15) is 12.8 Å². The monoisotopic (exact) mass is 274 g/mol. The lowest BCUT2D eigenvalue weighted by Crippen LogP contribution is -2.43. The van der Waals surface area contributed by atoms with Crippen molar-refractivity contribution in [3.05, 3.63) is 12.5 Å². The van der Waals surface area contributed by atoms with Crippen molar-refractivity contribution in [2.24, 2.45) is 7.05 Å². The van der Waals surface area contributed by atoms with Crippen LogP contribution in [0, 0.1) is 0 Å². The van der Waals surface area contributed by atoms with Crippen molar-refractivity contribution in [3.8, 4) is 0 Å². The standard InChI is InChI=1S/C13H18N6O/c1-17(2)13(20)10-5-4-6-19(10)12-9-7-16-18(3)11(9)14-8-15-12/h7-8,10H,4-6H2,1-3H3/t10-/m1/s1. The number of rotatable bonds is 2. The SMILES string of the molecule is CN(C)C(=O)[C@H]1CCCN1c1ncnc2c1cnn2C. The maximum absolute atomic E-state index is 12.3. The average molecular weight is 274 g/mol. The summed E-state index contributed by atoms with van der Waals surface area (Å²) in [5.41, 5.74) is 0.790. The number of likely N-dealkylation sites (N-methyl/N-ethyl adjacent to an activating group) is 1. The van der Waals surface area contributed by atoms with Gasteiger partial charge >= 0.3 is 0 Å². The van der Waals surface area contributed by atoms with Crippen molar-refractivity contribution < 1.29 is 4.79 Å². The van der Waals surface area contributed by atoms with Gasteiger partial charge in [-0.25, -0.2) is 9.97 Å². The lowest BCUT2D eigenvalue weighted by molar-refractivity contribution is -0.129. The molecule has 0 aromatic carbocycles. The zero-order valence-corrected chi connectivity index (χ0v) is 11.9. The Labute approximate surface area is 117 Å². The first-order valence-electron chi connectivity index (χ1n) is 6.70. The van der Waals surface area contributed by atoms with E-state index in [4.69, 9.17) is 0 Å². The summed E-state index contributed by atoms with van der Waals surface area (Å²) < 4.78 is 1.72. The van der Waals surface area contributed by atoms with Gasteiger partial charge in [-0.1, -0.05) is 0 Å².